The van der Waals surface area contributed by atoms with E-state index >= 15 is 0 Å². The molecule has 0 spiro atoms. The summed E-state index contributed by atoms with van der Waals surface area (Å²) in [6, 6.07) is 19.5. The van der Waals surface area contributed by atoms with Crippen molar-refractivity contribution in [1.82, 2.24) is 51.6 Å². The summed E-state index contributed by atoms with van der Waals surface area (Å²) in [6.45, 7) is 12.4. The van der Waals surface area contributed by atoms with Gasteiger partial charge in [0, 0.05) is 60.0 Å². The Hall–Kier alpha value is -7.29. The average molecular weight is 1090 g/mol. The lowest BCUT2D eigenvalue weighted by molar-refractivity contribution is -0.145. The van der Waals surface area contributed by atoms with E-state index in [1.54, 1.807) is 23.5 Å². The number of thiophene rings is 1. The number of amides is 7. The Morgan fingerprint density at radius 2 is 1.48 bits per heavy atom. The Balaban J connectivity index is 1.01. The molecule has 7 amide bonds. The van der Waals surface area contributed by atoms with Crippen LogP contribution >= 0.6 is 22.9 Å². The Kier molecular flexibility index (Phi) is 17.7. The number of aliphatic imine (C=N–C) groups is 1. The van der Waals surface area contributed by atoms with E-state index in [1.165, 1.54) is 4.90 Å². The highest BCUT2D eigenvalue weighted by molar-refractivity contribution is 7.15. The smallest absolute Gasteiger partial charge is 0.246 e. The van der Waals surface area contributed by atoms with Gasteiger partial charge in [-0.2, -0.15) is 0 Å². The zero-order chi connectivity index (χ0) is 55.1. The molecule has 6 atom stereocenters. The molecule has 3 aliphatic rings. The standard InChI is InChI=1S/C56H66ClN11O8S/c1-31-25-43-53(74)63-41(26-35-13-15-37(16-14-35)36-11-9-8-10-12-36)51(72)58-22-21-44(69)61-42(52(73)59-23-24-76-30-46(71)64-49(56(5,6)7)54(75)67(43)29-31)28-60-45(70)27-40-50-66-65-34(4)68(50)55-47(32(2)33(3)77-55)48(62-40)38-17-19-39(57)20-18-38/h8-20,31,40-43,49H,21-30H2,1-7H3,(H,58,72)(H,59,73)(H,60,70)(H,61,69)(H,63,74)(H,64,71)/t31-,40+,41-,42-,43+,49-/m1/s1. The van der Waals surface area contributed by atoms with E-state index in [0.29, 0.717) is 28.8 Å². The van der Waals surface area contributed by atoms with E-state index in [4.69, 9.17) is 21.3 Å². The third kappa shape index (κ3) is 13.5. The Morgan fingerprint density at radius 1 is 0.805 bits per heavy atom. The topological polar surface area (TPSA) is 247 Å². The molecule has 2 aromatic heterocycles. The van der Waals surface area contributed by atoms with Crippen molar-refractivity contribution in [2.75, 3.05) is 39.4 Å². The SMILES string of the molecule is Cc1sc2c(c1C)C(c1ccc(Cl)cc1)=N[C@@H](CC(=O)NC[C@H]1NC(=O)CCNC(=O)[C@@H](Cc3ccc(-c4ccccc4)cc3)NC(=O)[C@@H]3C[C@@H](C)CN3C(=O)[C@H](C(C)(C)C)NC(=O)COCCNC1=O)c1nnc(C)n1-2. The van der Waals surface area contributed by atoms with Crippen molar-refractivity contribution in [1.29, 1.82) is 0 Å². The first-order valence-corrected chi connectivity index (χ1v) is 27.0. The van der Waals surface area contributed by atoms with Crippen molar-refractivity contribution in [2.45, 2.75) is 104 Å². The lowest BCUT2D eigenvalue weighted by Crippen LogP contribution is -2.59. The number of carbonyl (C=O) groups excluding carboxylic acids is 7. The fourth-order valence-electron chi connectivity index (χ4n) is 9.76. The minimum absolute atomic E-state index is 0.0617. The Labute approximate surface area is 456 Å². The maximum atomic E-state index is 14.4. The van der Waals surface area contributed by atoms with Crippen molar-refractivity contribution >= 4 is 70.0 Å². The molecule has 5 aromatic rings. The highest BCUT2D eigenvalue weighted by Gasteiger charge is 2.45. The molecule has 5 heterocycles. The van der Waals surface area contributed by atoms with Gasteiger partial charge in [0.15, 0.2) is 5.82 Å². The number of aryl methyl sites for hydroxylation is 2. The number of nitrogens with one attached hydrogen (secondary N) is 6. The molecule has 0 saturated carbocycles. The van der Waals surface area contributed by atoms with Gasteiger partial charge in [-0.15, -0.1) is 21.5 Å². The molecule has 0 radical (unpaired) electrons. The summed E-state index contributed by atoms with van der Waals surface area (Å²) in [5, 5.41) is 27.0. The van der Waals surface area contributed by atoms with Crippen LogP contribution in [-0.2, 0) is 44.7 Å². The van der Waals surface area contributed by atoms with Crippen molar-refractivity contribution in [2.24, 2.45) is 16.3 Å². The van der Waals surface area contributed by atoms with E-state index in [1.807, 2.05) is 120 Å². The molecule has 19 nitrogen and oxygen atoms in total. The fraction of sp³-hybridized carbons (Fsp3) is 0.429. The van der Waals surface area contributed by atoms with E-state index in [0.717, 1.165) is 43.3 Å². The number of hydrogen-bond donors (Lipinski definition) is 6. The largest absolute Gasteiger partial charge is 0.370 e. The van der Waals surface area contributed by atoms with Crippen molar-refractivity contribution in [3.05, 3.63) is 123 Å². The van der Waals surface area contributed by atoms with Gasteiger partial charge in [-0.25, -0.2) is 0 Å². The first kappa shape index (κ1) is 55.9. The van der Waals surface area contributed by atoms with Gasteiger partial charge in [0.1, 0.15) is 47.6 Å². The number of benzene rings is 3. The molecule has 8 rings (SSSR count). The van der Waals surface area contributed by atoms with Gasteiger partial charge >= 0.3 is 0 Å². The van der Waals surface area contributed by atoms with Crippen LogP contribution in [0.3, 0.4) is 0 Å². The van der Waals surface area contributed by atoms with E-state index in [-0.39, 0.29) is 58.0 Å². The van der Waals surface area contributed by atoms with Gasteiger partial charge in [0.05, 0.1) is 18.7 Å². The third-order valence-corrected chi connectivity index (χ3v) is 15.4. The summed E-state index contributed by atoms with van der Waals surface area (Å²) in [6.07, 6.45) is -0.0522. The zero-order valence-electron chi connectivity index (χ0n) is 44.3. The fourth-order valence-corrected chi connectivity index (χ4v) is 11.1. The van der Waals surface area contributed by atoms with Gasteiger partial charge in [0.2, 0.25) is 41.4 Å². The van der Waals surface area contributed by atoms with Gasteiger partial charge in [-0.3, -0.25) is 43.1 Å². The van der Waals surface area contributed by atoms with Crippen LogP contribution in [0.4, 0.5) is 0 Å². The van der Waals surface area contributed by atoms with Crippen LogP contribution < -0.4 is 31.9 Å². The number of nitrogens with zero attached hydrogens (tertiary/aromatic N) is 5. The molecular weight excluding hydrogens is 1020 g/mol. The van der Waals surface area contributed by atoms with E-state index in [9.17, 15) is 33.6 Å². The maximum absolute atomic E-state index is 14.4. The first-order valence-electron chi connectivity index (χ1n) is 25.9. The first-order chi connectivity index (χ1) is 36.7. The van der Waals surface area contributed by atoms with Crippen LogP contribution in [0.5, 0.6) is 0 Å². The molecule has 21 heteroatoms. The molecule has 0 aliphatic carbocycles. The van der Waals surface area contributed by atoms with Gasteiger partial charge < -0.3 is 41.5 Å². The summed E-state index contributed by atoms with van der Waals surface area (Å²) in [5.41, 5.74) is 5.31. The number of rotatable bonds is 8. The molecular formula is C56H66ClN11O8S. The number of carbonyl (C=O) groups is 7. The second-order valence-electron chi connectivity index (χ2n) is 21.0. The molecule has 6 N–H and O–H groups in total. The van der Waals surface area contributed by atoms with Gasteiger partial charge in [0.25, 0.3) is 0 Å². The normalized spacial score (nSPS) is 22.3. The molecule has 2 fully saturated rings. The summed E-state index contributed by atoms with van der Waals surface area (Å²) < 4.78 is 7.56. The van der Waals surface area contributed by atoms with Crippen molar-refractivity contribution in [3.63, 3.8) is 0 Å². The predicted molar refractivity (Wildman–Crippen MR) is 292 cm³/mol. The molecule has 406 valence electrons. The summed E-state index contributed by atoms with van der Waals surface area (Å²) in [4.78, 5) is 106. The number of fused-ring (bicyclic) bond motifs is 4. The van der Waals surface area contributed by atoms with Crippen LogP contribution in [0.25, 0.3) is 16.1 Å². The number of aromatic nitrogens is 3. The summed E-state index contributed by atoms with van der Waals surface area (Å²) >= 11 is 7.87. The number of halogens is 1. The number of ether oxygens (including phenoxy) is 1. The molecule has 3 aromatic carbocycles. The van der Waals surface area contributed by atoms with Gasteiger partial charge in [-0.05, 0) is 72.9 Å². The molecule has 77 heavy (non-hydrogen) atoms. The quantitative estimate of drug-likeness (QED) is 0.126. The highest BCUT2D eigenvalue weighted by Crippen LogP contribution is 2.40. The van der Waals surface area contributed by atoms with Crippen molar-refractivity contribution < 1.29 is 38.3 Å². The molecule has 3 aliphatic heterocycles. The summed E-state index contributed by atoms with van der Waals surface area (Å²) in [7, 11) is 0. The van der Waals surface area contributed by atoms with Crippen LogP contribution in [0, 0.1) is 32.1 Å². The summed E-state index contributed by atoms with van der Waals surface area (Å²) in [5.74, 6) is -2.90. The minimum atomic E-state index is -1.30. The zero-order valence-corrected chi connectivity index (χ0v) is 45.9. The molecule has 0 bridgehead atoms. The van der Waals surface area contributed by atoms with Crippen molar-refractivity contribution in [3.8, 4) is 16.1 Å². The van der Waals surface area contributed by atoms with Crippen LogP contribution in [0.15, 0.2) is 83.9 Å². The second kappa shape index (κ2) is 24.4. The third-order valence-electron chi connectivity index (χ3n) is 14.0. The Bertz CT molecular complexity index is 3040. The molecule has 2 saturated heterocycles. The lowest BCUT2D eigenvalue weighted by Gasteiger charge is -2.35. The van der Waals surface area contributed by atoms with Crippen LogP contribution in [0.2, 0.25) is 5.02 Å². The lowest BCUT2D eigenvalue weighted by atomic mass is 9.85. The Morgan fingerprint density at radius 3 is 2.19 bits per heavy atom. The molecule has 0 unspecified atom stereocenters. The van der Waals surface area contributed by atoms with Gasteiger partial charge in [-0.1, -0.05) is 106 Å². The van der Waals surface area contributed by atoms with E-state index < -0.39 is 83.6 Å². The number of hydrogen-bond acceptors (Lipinski definition) is 12. The maximum Gasteiger partial charge on any atom is 0.246 e. The van der Waals surface area contributed by atoms with E-state index in [2.05, 4.69) is 42.1 Å². The minimum Gasteiger partial charge on any atom is -0.370 e. The van der Waals surface area contributed by atoms with Crippen LogP contribution in [0.1, 0.15) is 91.8 Å². The monoisotopic (exact) mass is 1090 g/mol. The second-order valence-corrected chi connectivity index (χ2v) is 22.6. The average Bonchev–Trinajstić information content (AvgIpc) is 4.18. The highest BCUT2D eigenvalue weighted by atomic mass is 35.5. The van der Waals surface area contributed by atoms with Crippen LogP contribution in [-0.4, -0.2) is 130 Å². The predicted octanol–water partition coefficient (Wildman–Crippen LogP) is 4.61.